The molecule has 2 aromatic heterocycles. The minimum Gasteiger partial charge on any atom is -0.379 e. The van der Waals surface area contributed by atoms with Gasteiger partial charge in [0.2, 0.25) is 0 Å². The van der Waals surface area contributed by atoms with Crippen LogP contribution in [0.2, 0.25) is 0 Å². The van der Waals surface area contributed by atoms with Crippen LogP contribution in [0.1, 0.15) is 29.0 Å². The third-order valence-corrected chi connectivity index (χ3v) is 3.57. The van der Waals surface area contributed by atoms with Crippen molar-refractivity contribution in [2.75, 3.05) is 18.4 Å². The number of pyridine rings is 2. The zero-order chi connectivity index (χ0) is 14.5. The molecule has 5 heteroatoms. The third-order valence-electron chi connectivity index (χ3n) is 3.57. The molecule has 0 radical (unpaired) electrons. The number of rotatable bonds is 4. The summed E-state index contributed by atoms with van der Waals surface area (Å²) in [4.78, 5) is 22.6. The molecule has 1 aliphatic rings. The Morgan fingerprint density at radius 1 is 1.14 bits per heavy atom. The van der Waals surface area contributed by atoms with Crippen LogP contribution in [0, 0.1) is 0 Å². The van der Waals surface area contributed by atoms with Crippen molar-refractivity contribution in [3.8, 4) is 0 Å². The van der Waals surface area contributed by atoms with E-state index in [0.29, 0.717) is 12.2 Å². The molecule has 1 aliphatic heterocycles. The Bertz CT molecular complexity index is 609. The SMILES string of the molecule is O=C(c1cc(NCc2ccccn2)ccn1)N1CCCC1. The van der Waals surface area contributed by atoms with Gasteiger partial charge in [-0.1, -0.05) is 6.07 Å². The predicted octanol–water partition coefficient (Wildman–Crippen LogP) is 2.32. The van der Waals surface area contributed by atoms with Gasteiger partial charge in [0, 0.05) is 31.2 Å². The highest BCUT2D eigenvalue weighted by Crippen LogP contribution is 2.14. The van der Waals surface area contributed by atoms with E-state index in [1.807, 2.05) is 35.2 Å². The van der Waals surface area contributed by atoms with Gasteiger partial charge in [-0.3, -0.25) is 14.8 Å². The molecule has 2 aromatic rings. The van der Waals surface area contributed by atoms with Gasteiger partial charge in [-0.25, -0.2) is 0 Å². The van der Waals surface area contributed by atoms with Crippen molar-refractivity contribution in [1.82, 2.24) is 14.9 Å². The summed E-state index contributed by atoms with van der Waals surface area (Å²) >= 11 is 0. The highest BCUT2D eigenvalue weighted by molar-refractivity contribution is 5.93. The monoisotopic (exact) mass is 282 g/mol. The Kier molecular flexibility index (Phi) is 4.09. The van der Waals surface area contributed by atoms with Crippen LogP contribution in [-0.4, -0.2) is 33.9 Å². The second-order valence-corrected chi connectivity index (χ2v) is 5.10. The minimum atomic E-state index is 0.0222. The Hall–Kier alpha value is -2.43. The van der Waals surface area contributed by atoms with E-state index in [-0.39, 0.29) is 5.91 Å². The third kappa shape index (κ3) is 3.37. The summed E-state index contributed by atoms with van der Waals surface area (Å²) in [6, 6.07) is 9.49. The number of aromatic nitrogens is 2. The molecule has 108 valence electrons. The molecule has 5 nitrogen and oxygen atoms in total. The van der Waals surface area contributed by atoms with Gasteiger partial charge >= 0.3 is 0 Å². The summed E-state index contributed by atoms with van der Waals surface area (Å²) in [5.74, 6) is 0.0222. The fourth-order valence-electron chi connectivity index (χ4n) is 2.43. The normalized spacial score (nSPS) is 14.2. The van der Waals surface area contributed by atoms with Crippen molar-refractivity contribution in [2.45, 2.75) is 19.4 Å². The van der Waals surface area contributed by atoms with E-state index in [0.717, 1.165) is 37.3 Å². The topological polar surface area (TPSA) is 58.1 Å². The van der Waals surface area contributed by atoms with Crippen LogP contribution in [-0.2, 0) is 6.54 Å². The zero-order valence-corrected chi connectivity index (χ0v) is 11.8. The standard InChI is InChI=1S/C16H18N4O/c21-16(20-9-3-4-10-20)15-11-13(6-8-18-15)19-12-14-5-1-2-7-17-14/h1-2,5-8,11H,3-4,9-10,12H2,(H,18,19). The summed E-state index contributed by atoms with van der Waals surface area (Å²) in [5, 5.41) is 3.27. The van der Waals surface area contributed by atoms with Gasteiger partial charge in [-0.15, -0.1) is 0 Å². The molecule has 3 heterocycles. The molecular weight excluding hydrogens is 264 g/mol. The van der Waals surface area contributed by atoms with E-state index < -0.39 is 0 Å². The summed E-state index contributed by atoms with van der Waals surface area (Å²) in [7, 11) is 0. The van der Waals surface area contributed by atoms with Gasteiger partial charge in [0.1, 0.15) is 5.69 Å². The van der Waals surface area contributed by atoms with Crippen molar-refractivity contribution in [3.05, 3.63) is 54.1 Å². The second kappa shape index (κ2) is 6.35. The van der Waals surface area contributed by atoms with Gasteiger partial charge in [0.25, 0.3) is 5.91 Å². The smallest absolute Gasteiger partial charge is 0.272 e. The maximum Gasteiger partial charge on any atom is 0.272 e. The summed E-state index contributed by atoms with van der Waals surface area (Å²) in [6.45, 7) is 2.31. The lowest BCUT2D eigenvalue weighted by atomic mass is 10.2. The predicted molar refractivity (Wildman–Crippen MR) is 80.9 cm³/mol. The lowest BCUT2D eigenvalue weighted by Crippen LogP contribution is -2.28. The number of nitrogens with zero attached hydrogens (tertiary/aromatic N) is 3. The van der Waals surface area contributed by atoms with Gasteiger partial charge < -0.3 is 10.2 Å². The minimum absolute atomic E-state index is 0.0222. The van der Waals surface area contributed by atoms with Crippen LogP contribution in [0.4, 0.5) is 5.69 Å². The molecule has 0 spiro atoms. The first kappa shape index (κ1) is 13.5. The van der Waals surface area contributed by atoms with E-state index in [1.165, 1.54) is 0 Å². The largest absolute Gasteiger partial charge is 0.379 e. The molecule has 21 heavy (non-hydrogen) atoms. The fourth-order valence-corrected chi connectivity index (χ4v) is 2.43. The molecule has 0 bridgehead atoms. The van der Waals surface area contributed by atoms with Crippen LogP contribution in [0.25, 0.3) is 0 Å². The van der Waals surface area contributed by atoms with Gasteiger partial charge in [-0.2, -0.15) is 0 Å². The van der Waals surface area contributed by atoms with Crippen LogP contribution >= 0.6 is 0 Å². The van der Waals surface area contributed by atoms with E-state index in [1.54, 1.807) is 12.4 Å². The number of nitrogens with one attached hydrogen (secondary N) is 1. The average Bonchev–Trinajstić information content (AvgIpc) is 3.08. The molecule has 0 unspecified atom stereocenters. The summed E-state index contributed by atoms with van der Waals surface area (Å²) in [5.41, 5.74) is 2.35. The first-order valence-corrected chi connectivity index (χ1v) is 7.22. The van der Waals surface area contributed by atoms with Crippen LogP contribution in [0.5, 0.6) is 0 Å². The number of hydrogen-bond donors (Lipinski definition) is 1. The molecule has 1 amide bonds. The Morgan fingerprint density at radius 3 is 2.76 bits per heavy atom. The average molecular weight is 282 g/mol. The number of amides is 1. The lowest BCUT2D eigenvalue weighted by Gasteiger charge is -2.15. The summed E-state index contributed by atoms with van der Waals surface area (Å²) in [6.07, 6.45) is 5.61. The Labute approximate surface area is 124 Å². The lowest BCUT2D eigenvalue weighted by molar-refractivity contribution is 0.0787. The Balaban J connectivity index is 1.66. The molecule has 0 aliphatic carbocycles. The number of carbonyl (C=O) groups excluding carboxylic acids is 1. The van der Waals surface area contributed by atoms with E-state index in [9.17, 15) is 4.79 Å². The van der Waals surface area contributed by atoms with Crippen molar-refractivity contribution in [1.29, 1.82) is 0 Å². The summed E-state index contributed by atoms with van der Waals surface area (Å²) < 4.78 is 0. The Morgan fingerprint density at radius 2 is 2.00 bits per heavy atom. The van der Waals surface area contributed by atoms with Crippen molar-refractivity contribution in [3.63, 3.8) is 0 Å². The zero-order valence-electron chi connectivity index (χ0n) is 11.8. The van der Waals surface area contributed by atoms with Gasteiger partial charge in [0.05, 0.1) is 12.2 Å². The number of carbonyl (C=O) groups is 1. The van der Waals surface area contributed by atoms with Crippen molar-refractivity contribution >= 4 is 11.6 Å². The maximum absolute atomic E-state index is 12.3. The van der Waals surface area contributed by atoms with Crippen LogP contribution < -0.4 is 5.32 Å². The molecular formula is C16H18N4O. The highest BCUT2D eigenvalue weighted by atomic mass is 16.2. The van der Waals surface area contributed by atoms with Crippen LogP contribution in [0.3, 0.4) is 0 Å². The molecule has 1 saturated heterocycles. The van der Waals surface area contributed by atoms with Crippen molar-refractivity contribution in [2.24, 2.45) is 0 Å². The molecule has 1 fully saturated rings. The van der Waals surface area contributed by atoms with E-state index >= 15 is 0 Å². The number of hydrogen-bond acceptors (Lipinski definition) is 4. The highest BCUT2D eigenvalue weighted by Gasteiger charge is 2.20. The van der Waals surface area contributed by atoms with E-state index in [2.05, 4.69) is 15.3 Å². The maximum atomic E-state index is 12.3. The number of anilines is 1. The molecule has 1 N–H and O–H groups in total. The first-order valence-electron chi connectivity index (χ1n) is 7.22. The molecule has 0 atom stereocenters. The van der Waals surface area contributed by atoms with Gasteiger partial charge in [-0.05, 0) is 37.1 Å². The quantitative estimate of drug-likeness (QED) is 0.935. The first-order chi connectivity index (χ1) is 10.3. The number of likely N-dealkylation sites (tertiary alicyclic amines) is 1. The molecule has 0 aromatic carbocycles. The van der Waals surface area contributed by atoms with Crippen molar-refractivity contribution < 1.29 is 4.79 Å². The molecule has 3 rings (SSSR count). The molecule has 0 saturated carbocycles. The van der Waals surface area contributed by atoms with E-state index in [4.69, 9.17) is 0 Å². The second-order valence-electron chi connectivity index (χ2n) is 5.10. The van der Waals surface area contributed by atoms with Crippen LogP contribution in [0.15, 0.2) is 42.7 Å². The van der Waals surface area contributed by atoms with Gasteiger partial charge in [0.15, 0.2) is 0 Å². The fraction of sp³-hybridized carbons (Fsp3) is 0.312.